The van der Waals surface area contributed by atoms with Gasteiger partial charge in [0.05, 0.1) is 6.54 Å². The summed E-state index contributed by atoms with van der Waals surface area (Å²) >= 11 is 0. The molecular formula is C13H15FN2O2. The standard InChI is InChI=1S/C13H15FN2O2/c1-8-3-4-11(14)5-10(8)6-16-7-12(17)15-9(2)13(16)18/h3-5,9H,6-7H2,1-2H3,(H,15,17). The fourth-order valence-corrected chi connectivity index (χ4v) is 2.02. The minimum Gasteiger partial charge on any atom is -0.343 e. The third kappa shape index (κ3) is 2.50. The van der Waals surface area contributed by atoms with Crippen molar-refractivity contribution in [3.05, 3.63) is 35.1 Å². The van der Waals surface area contributed by atoms with E-state index in [0.717, 1.165) is 11.1 Å². The first kappa shape index (κ1) is 12.5. The minimum atomic E-state index is -0.514. The number of carbonyl (C=O) groups excluding carboxylic acids is 2. The van der Waals surface area contributed by atoms with E-state index in [2.05, 4.69) is 5.32 Å². The van der Waals surface area contributed by atoms with E-state index in [1.54, 1.807) is 13.0 Å². The van der Waals surface area contributed by atoms with E-state index in [9.17, 15) is 14.0 Å². The van der Waals surface area contributed by atoms with Crippen LogP contribution in [-0.4, -0.2) is 29.3 Å². The van der Waals surface area contributed by atoms with E-state index in [-0.39, 0.29) is 30.7 Å². The van der Waals surface area contributed by atoms with Crippen molar-refractivity contribution >= 4 is 11.8 Å². The fraction of sp³-hybridized carbons (Fsp3) is 0.385. The molecule has 1 N–H and O–H groups in total. The van der Waals surface area contributed by atoms with Crippen molar-refractivity contribution in [1.29, 1.82) is 0 Å². The predicted octanol–water partition coefficient (Wildman–Crippen LogP) is 0.981. The Kier molecular flexibility index (Phi) is 3.32. The van der Waals surface area contributed by atoms with Crippen LogP contribution >= 0.6 is 0 Å². The Labute approximate surface area is 105 Å². The van der Waals surface area contributed by atoms with E-state index in [0.29, 0.717) is 0 Å². The van der Waals surface area contributed by atoms with Crippen molar-refractivity contribution in [2.45, 2.75) is 26.4 Å². The molecule has 1 saturated heterocycles. The summed E-state index contributed by atoms with van der Waals surface area (Å²) in [4.78, 5) is 24.7. The van der Waals surface area contributed by atoms with Crippen LogP contribution in [0.2, 0.25) is 0 Å². The summed E-state index contributed by atoms with van der Waals surface area (Å²) in [5.41, 5.74) is 1.63. The lowest BCUT2D eigenvalue weighted by Crippen LogP contribution is -2.56. The van der Waals surface area contributed by atoms with Crippen LogP contribution in [0.1, 0.15) is 18.1 Å². The van der Waals surface area contributed by atoms with Crippen molar-refractivity contribution in [2.24, 2.45) is 0 Å². The second-order valence-electron chi connectivity index (χ2n) is 4.55. The van der Waals surface area contributed by atoms with E-state index in [1.165, 1.54) is 17.0 Å². The first-order valence-corrected chi connectivity index (χ1v) is 5.80. The number of halogens is 1. The van der Waals surface area contributed by atoms with Crippen LogP contribution in [0.15, 0.2) is 18.2 Å². The van der Waals surface area contributed by atoms with Gasteiger partial charge in [-0.1, -0.05) is 6.07 Å². The molecule has 1 aromatic carbocycles. The van der Waals surface area contributed by atoms with Gasteiger partial charge in [-0.2, -0.15) is 0 Å². The van der Waals surface area contributed by atoms with Gasteiger partial charge < -0.3 is 10.2 Å². The van der Waals surface area contributed by atoms with Crippen molar-refractivity contribution in [3.8, 4) is 0 Å². The minimum absolute atomic E-state index is 0.0269. The normalized spacial score (nSPS) is 19.9. The lowest BCUT2D eigenvalue weighted by molar-refractivity contribution is -0.144. The molecular weight excluding hydrogens is 235 g/mol. The fourth-order valence-electron chi connectivity index (χ4n) is 2.02. The highest BCUT2D eigenvalue weighted by atomic mass is 19.1. The maximum atomic E-state index is 13.2. The molecule has 1 aliphatic rings. The number of aryl methyl sites for hydroxylation is 1. The summed E-state index contributed by atoms with van der Waals surface area (Å²) in [7, 11) is 0. The summed E-state index contributed by atoms with van der Waals surface area (Å²) in [5, 5.41) is 2.57. The smallest absolute Gasteiger partial charge is 0.245 e. The third-order valence-corrected chi connectivity index (χ3v) is 3.07. The Morgan fingerprint density at radius 1 is 1.44 bits per heavy atom. The first-order valence-electron chi connectivity index (χ1n) is 5.80. The first-order chi connectivity index (χ1) is 8.47. The molecule has 0 aliphatic carbocycles. The summed E-state index contributed by atoms with van der Waals surface area (Å²) < 4.78 is 13.2. The Morgan fingerprint density at radius 3 is 2.89 bits per heavy atom. The van der Waals surface area contributed by atoms with Crippen molar-refractivity contribution in [2.75, 3.05) is 6.54 Å². The number of amides is 2. The molecule has 1 aromatic rings. The maximum Gasteiger partial charge on any atom is 0.245 e. The van der Waals surface area contributed by atoms with Gasteiger partial charge in [0.15, 0.2) is 0 Å². The average molecular weight is 250 g/mol. The Bertz CT molecular complexity index is 502. The molecule has 5 heteroatoms. The summed E-state index contributed by atoms with van der Waals surface area (Å²) in [6.45, 7) is 3.79. The molecule has 1 aliphatic heterocycles. The topological polar surface area (TPSA) is 49.4 Å². The van der Waals surface area contributed by atoms with Gasteiger partial charge in [0, 0.05) is 6.54 Å². The predicted molar refractivity (Wildman–Crippen MR) is 64.2 cm³/mol. The van der Waals surface area contributed by atoms with Gasteiger partial charge in [0.25, 0.3) is 0 Å². The third-order valence-electron chi connectivity index (χ3n) is 3.07. The number of benzene rings is 1. The van der Waals surface area contributed by atoms with Gasteiger partial charge in [-0.05, 0) is 37.1 Å². The van der Waals surface area contributed by atoms with Crippen molar-refractivity contribution in [3.63, 3.8) is 0 Å². The zero-order valence-corrected chi connectivity index (χ0v) is 10.4. The van der Waals surface area contributed by atoms with Gasteiger partial charge >= 0.3 is 0 Å². The van der Waals surface area contributed by atoms with Crippen molar-refractivity contribution in [1.82, 2.24) is 10.2 Å². The molecule has 2 amide bonds. The molecule has 0 radical (unpaired) electrons. The maximum absolute atomic E-state index is 13.2. The number of hydrogen-bond donors (Lipinski definition) is 1. The molecule has 0 bridgehead atoms. The summed E-state index contributed by atoms with van der Waals surface area (Å²) in [6.07, 6.45) is 0. The molecule has 18 heavy (non-hydrogen) atoms. The Balaban J connectivity index is 2.19. The number of rotatable bonds is 2. The van der Waals surface area contributed by atoms with Gasteiger partial charge in [-0.25, -0.2) is 4.39 Å². The second-order valence-corrected chi connectivity index (χ2v) is 4.55. The number of nitrogens with zero attached hydrogens (tertiary/aromatic N) is 1. The molecule has 96 valence electrons. The van der Waals surface area contributed by atoms with Crippen LogP contribution in [0.25, 0.3) is 0 Å². The Hall–Kier alpha value is -1.91. The van der Waals surface area contributed by atoms with Crippen LogP contribution < -0.4 is 5.32 Å². The van der Waals surface area contributed by atoms with E-state index >= 15 is 0 Å². The van der Waals surface area contributed by atoms with Gasteiger partial charge in [-0.3, -0.25) is 9.59 Å². The summed E-state index contributed by atoms with van der Waals surface area (Å²) in [6, 6.07) is 3.94. The van der Waals surface area contributed by atoms with Crippen LogP contribution in [0.5, 0.6) is 0 Å². The van der Waals surface area contributed by atoms with Crippen LogP contribution in [0.3, 0.4) is 0 Å². The molecule has 2 rings (SSSR count). The largest absolute Gasteiger partial charge is 0.343 e. The summed E-state index contributed by atoms with van der Waals surface area (Å²) in [5.74, 6) is -0.660. The number of hydrogen-bond acceptors (Lipinski definition) is 2. The number of piperazine rings is 1. The average Bonchev–Trinajstić information content (AvgIpc) is 2.30. The zero-order chi connectivity index (χ0) is 13.3. The highest BCUT2D eigenvalue weighted by Gasteiger charge is 2.29. The highest BCUT2D eigenvalue weighted by Crippen LogP contribution is 2.14. The zero-order valence-electron chi connectivity index (χ0n) is 10.4. The van der Waals surface area contributed by atoms with E-state index in [1.807, 2.05) is 6.92 Å². The van der Waals surface area contributed by atoms with Gasteiger partial charge in [0.2, 0.25) is 11.8 Å². The Morgan fingerprint density at radius 2 is 2.17 bits per heavy atom. The van der Waals surface area contributed by atoms with Gasteiger partial charge in [-0.15, -0.1) is 0 Å². The lowest BCUT2D eigenvalue weighted by atomic mass is 10.1. The van der Waals surface area contributed by atoms with E-state index in [4.69, 9.17) is 0 Å². The second kappa shape index (κ2) is 4.76. The molecule has 1 heterocycles. The van der Waals surface area contributed by atoms with Crippen LogP contribution in [-0.2, 0) is 16.1 Å². The molecule has 1 fully saturated rings. The number of nitrogens with one attached hydrogen (secondary N) is 1. The van der Waals surface area contributed by atoms with E-state index < -0.39 is 6.04 Å². The molecule has 1 atom stereocenters. The number of carbonyl (C=O) groups is 2. The molecule has 1 unspecified atom stereocenters. The monoisotopic (exact) mass is 250 g/mol. The van der Waals surface area contributed by atoms with Crippen LogP contribution in [0, 0.1) is 12.7 Å². The quantitative estimate of drug-likeness (QED) is 0.850. The highest BCUT2D eigenvalue weighted by molar-refractivity contribution is 5.94. The molecule has 0 saturated carbocycles. The van der Waals surface area contributed by atoms with Crippen LogP contribution in [0.4, 0.5) is 4.39 Å². The lowest BCUT2D eigenvalue weighted by Gasteiger charge is -2.31. The van der Waals surface area contributed by atoms with Gasteiger partial charge in [0.1, 0.15) is 11.9 Å². The molecule has 4 nitrogen and oxygen atoms in total. The SMILES string of the molecule is Cc1ccc(F)cc1CN1CC(=O)NC(C)C1=O. The van der Waals surface area contributed by atoms with Crippen molar-refractivity contribution < 1.29 is 14.0 Å². The molecule has 0 aromatic heterocycles. The molecule has 0 spiro atoms.